The highest BCUT2D eigenvalue weighted by Gasteiger charge is 2.14. The Morgan fingerprint density at radius 1 is 1.04 bits per heavy atom. The highest BCUT2D eigenvalue weighted by Crippen LogP contribution is 2.30. The van der Waals surface area contributed by atoms with Crippen molar-refractivity contribution in [3.05, 3.63) is 90.2 Å². The molecule has 0 radical (unpaired) electrons. The lowest BCUT2D eigenvalue weighted by atomic mass is 10.0. The molecule has 140 valence electrons. The van der Waals surface area contributed by atoms with Gasteiger partial charge in [-0.3, -0.25) is 0 Å². The van der Waals surface area contributed by atoms with Crippen LogP contribution in [0.2, 0.25) is 0 Å². The summed E-state index contributed by atoms with van der Waals surface area (Å²) in [5.74, 6) is 0. The van der Waals surface area contributed by atoms with E-state index in [9.17, 15) is 0 Å². The van der Waals surface area contributed by atoms with E-state index in [1.165, 1.54) is 36.1 Å². The molecular weight excluding hydrogens is 328 g/mol. The van der Waals surface area contributed by atoms with E-state index >= 15 is 0 Å². The van der Waals surface area contributed by atoms with Crippen LogP contribution in [0, 0.1) is 0 Å². The maximum absolute atomic E-state index is 4.29. The van der Waals surface area contributed by atoms with Crippen molar-refractivity contribution < 1.29 is 0 Å². The van der Waals surface area contributed by atoms with Gasteiger partial charge in [0, 0.05) is 18.8 Å². The van der Waals surface area contributed by atoms with Crippen LogP contribution in [0.25, 0.3) is 6.08 Å². The summed E-state index contributed by atoms with van der Waals surface area (Å²) in [5.41, 5.74) is 7.00. The lowest BCUT2D eigenvalue weighted by Crippen LogP contribution is -2.30. The highest BCUT2D eigenvalue weighted by molar-refractivity contribution is 5.74. The second kappa shape index (κ2) is 9.27. The van der Waals surface area contributed by atoms with Crippen molar-refractivity contribution in [3.8, 4) is 0 Å². The van der Waals surface area contributed by atoms with Crippen LogP contribution in [-0.4, -0.2) is 13.1 Å². The molecule has 1 saturated heterocycles. The van der Waals surface area contributed by atoms with Gasteiger partial charge in [0.2, 0.25) is 0 Å². The molecule has 3 rings (SSSR count). The zero-order valence-electron chi connectivity index (χ0n) is 16.4. The summed E-state index contributed by atoms with van der Waals surface area (Å²) in [5, 5.41) is 3.55. The number of piperidine rings is 1. The van der Waals surface area contributed by atoms with E-state index in [0.717, 1.165) is 36.5 Å². The quantitative estimate of drug-likeness (QED) is 0.453. The summed E-state index contributed by atoms with van der Waals surface area (Å²) in [6.07, 6.45) is 8.91. The molecule has 1 aliphatic heterocycles. The Bertz CT molecular complexity index is 826. The summed E-state index contributed by atoms with van der Waals surface area (Å²) in [7, 11) is 0. The van der Waals surface area contributed by atoms with Gasteiger partial charge in [-0.2, -0.15) is 0 Å². The van der Waals surface area contributed by atoms with Gasteiger partial charge in [0.1, 0.15) is 0 Å². The zero-order chi connectivity index (χ0) is 19.1. The molecule has 2 aromatic carbocycles. The number of hydrogen-bond donors (Lipinski definition) is 1. The summed E-state index contributed by atoms with van der Waals surface area (Å²) in [4.78, 5) is 2.48. The molecule has 27 heavy (non-hydrogen) atoms. The fourth-order valence-electron chi connectivity index (χ4n) is 3.59. The summed E-state index contributed by atoms with van der Waals surface area (Å²) in [6, 6.07) is 17.0. The molecule has 0 aliphatic carbocycles. The number of para-hydroxylation sites is 2. The lowest BCUT2D eigenvalue weighted by Gasteiger charge is -2.31. The van der Waals surface area contributed by atoms with Crippen LogP contribution >= 0.6 is 0 Å². The molecule has 1 aliphatic rings. The molecule has 1 N–H and O–H groups in total. The standard InChI is InChI=1S/C25H30N2/c1-4-12-22-13-6-7-14-23(22)19-20(2)21(3)26-24-15-8-9-16-25(24)27-17-10-5-11-18-27/h4,6-9,13-16,19,26H,1,3,5,10-12,17-18H2,2H3/b20-19+. The molecule has 2 aromatic rings. The third kappa shape index (κ3) is 4.91. The number of rotatable bonds is 7. The number of nitrogens with one attached hydrogen (secondary N) is 1. The second-order valence-electron chi connectivity index (χ2n) is 7.19. The van der Waals surface area contributed by atoms with Crippen molar-refractivity contribution in [1.82, 2.24) is 0 Å². The minimum absolute atomic E-state index is 0.873. The zero-order valence-corrected chi connectivity index (χ0v) is 16.4. The van der Waals surface area contributed by atoms with Gasteiger partial charge in [-0.25, -0.2) is 0 Å². The third-order valence-electron chi connectivity index (χ3n) is 5.15. The van der Waals surface area contributed by atoms with Crippen LogP contribution in [0.1, 0.15) is 37.3 Å². The van der Waals surface area contributed by atoms with Gasteiger partial charge in [0.25, 0.3) is 0 Å². The van der Waals surface area contributed by atoms with Crippen molar-refractivity contribution in [2.45, 2.75) is 32.6 Å². The number of nitrogens with zero attached hydrogens (tertiary/aromatic N) is 1. The van der Waals surface area contributed by atoms with Crippen LogP contribution < -0.4 is 10.2 Å². The van der Waals surface area contributed by atoms with Crippen LogP contribution in [0.4, 0.5) is 11.4 Å². The van der Waals surface area contributed by atoms with Crippen molar-refractivity contribution in [2.24, 2.45) is 0 Å². The highest BCUT2D eigenvalue weighted by atomic mass is 15.1. The van der Waals surface area contributed by atoms with Crippen molar-refractivity contribution in [3.63, 3.8) is 0 Å². The van der Waals surface area contributed by atoms with Crippen LogP contribution in [-0.2, 0) is 6.42 Å². The Labute approximate surface area is 163 Å². The molecule has 0 atom stereocenters. The molecule has 0 unspecified atom stereocenters. The Morgan fingerprint density at radius 3 is 2.52 bits per heavy atom. The summed E-state index contributed by atoms with van der Waals surface area (Å²) < 4.78 is 0. The van der Waals surface area contributed by atoms with Gasteiger partial charge >= 0.3 is 0 Å². The molecule has 2 nitrogen and oxygen atoms in total. The molecular formula is C25H30N2. The largest absolute Gasteiger partial charge is 0.370 e. The Kier molecular flexibility index (Phi) is 6.54. The van der Waals surface area contributed by atoms with Crippen molar-refractivity contribution >= 4 is 17.5 Å². The minimum atomic E-state index is 0.873. The van der Waals surface area contributed by atoms with E-state index in [2.05, 4.69) is 84.9 Å². The molecule has 0 saturated carbocycles. The van der Waals surface area contributed by atoms with Crippen LogP contribution in [0.3, 0.4) is 0 Å². The van der Waals surface area contributed by atoms with Crippen molar-refractivity contribution in [1.29, 1.82) is 0 Å². The van der Waals surface area contributed by atoms with Gasteiger partial charge in [0.05, 0.1) is 11.4 Å². The van der Waals surface area contributed by atoms with Crippen molar-refractivity contribution in [2.75, 3.05) is 23.3 Å². The fourth-order valence-corrected chi connectivity index (χ4v) is 3.59. The van der Waals surface area contributed by atoms with Gasteiger partial charge in [-0.15, -0.1) is 6.58 Å². The van der Waals surface area contributed by atoms with E-state index in [1.807, 2.05) is 6.08 Å². The van der Waals surface area contributed by atoms with Crippen LogP contribution in [0.5, 0.6) is 0 Å². The van der Waals surface area contributed by atoms with Gasteiger partial charge in [-0.05, 0) is 67.5 Å². The van der Waals surface area contributed by atoms with Gasteiger partial charge < -0.3 is 10.2 Å². The van der Waals surface area contributed by atoms with Gasteiger partial charge in [-0.1, -0.05) is 49.1 Å². The maximum atomic E-state index is 4.29. The number of benzene rings is 2. The SMILES string of the molecule is C=CCc1ccccc1/C=C(\C)C(=C)Nc1ccccc1N1CCCCC1. The van der Waals surface area contributed by atoms with Crippen LogP contribution in [0.15, 0.2) is 79.0 Å². The number of hydrogen-bond acceptors (Lipinski definition) is 2. The average Bonchev–Trinajstić information content (AvgIpc) is 2.70. The fraction of sp³-hybridized carbons (Fsp3) is 0.280. The molecule has 0 amide bonds. The smallest absolute Gasteiger partial charge is 0.0622 e. The molecule has 0 aromatic heterocycles. The van der Waals surface area contributed by atoms with Gasteiger partial charge in [0.15, 0.2) is 0 Å². The molecule has 0 bridgehead atoms. The van der Waals surface area contributed by atoms with E-state index in [1.54, 1.807) is 0 Å². The lowest BCUT2D eigenvalue weighted by molar-refractivity contribution is 0.578. The maximum Gasteiger partial charge on any atom is 0.0622 e. The predicted molar refractivity (Wildman–Crippen MR) is 119 cm³/mol. The third-order valence-corrected chi connectivity index (χ3v) is 5.15. The first-order valence-electron chi connectivity index (χ1n) is 9.86. The summed E-state index contributed by atoms with van der Waals surface area (Å²) >= 11 is 0. The Hall–Kier alpha value is -2.74. The number of anilines is 2. The van der Waals surface area contributed by atoms with E-state index < -0.39 is 0 Å². The first-order chi connectivity index (χ1) is 13.2. The topological polar surface area (TPSA) is 15.3 Å². The predicted octanol–water partition coefficient (Wildman–Crippen LogP) is 6.43. The molecule has 0 spiro atoms. The van der Waals surface area contributed by atoms with E-state index in [-0.39, 0.29) is 0 Å². The Morgan fingerprint density at radius 2 is 1.74 bits per heavy atom. The molecule has 1 fully saturated rings. The first kappa shape index (κ1) is 19.0. The van der Waals surface area contributed by atoms with E-state index in [4.69, 9.17) is 0 Å². The van der Waals surface area contributed by atoms with E-state index in [0.29, 0.717) is 0 Å². The normalized spacial score (nSPS) is 14.7. The molecule has 2 heteroatoms. The monoisotopic (exact) mass is 358 g/mol. The number of allylic oxidation sites excluding steroid dienone is 2. The second-order valence-corrected chi connectivity index (χ2v) is 7.19. The minimum Gasteiger partial charge on any atom is -0.370 e. The Balaban J connectivity index is 1.78. The average molecular weight is 359 g/mol. The first-order valence-corrected chi connectivity index (χ1v) is 9.86. The molecule has 1 heterocycles. The summed E-state index contributed by atoms with van der Waals surface area (Å²) in [6.45, 7) is 12.5.